The van der Waals surface area contributed by atoms with E-state index in [1.165, 1.54) is 37.4 Å². The highest BCUT2D eigenvalue weighted by Gasteiger charge is 2.46. The molecule has 37 heavy (non-hydrogen) atoms. The summed E-state index contributed by atoms with van der Waals surface area (Å²) in [7, 11) is 8.47. The Morgan fingerprint density at radius 3 is 2.22 bits per heavy atom. The largest absolute Gasteiger partial charge is 0.507 e. The van der Waals surface area contributed by atoms with Crippen LogP contribution in [0.5, 0.6) is 17.2 Å². The minimum Gasteiger partial charge on any atom is -0.507 e. The molecule has 1 aliphatic heterocycles. The number of aryl methyl sites for hydroxylation is 2. The van der Waals surface area contributed by atoms with Crippen molar-refractivity contribution in [3.05, 3.63) is 58.2 Å². The minimum atomic E-state index is -0.799. The molecule has 1 fully saturated rings. The lowest BCUT2D eigenvalue weighted by atomic mass is 9.88. The monoisotopic (exact) mass is 508 g/mol. The summed E-state index contributed by atoms with van der Waals surface area (Å²) >= 11 is 0. The van der Waals surface area contributed by atoms with Crippen LogP contribution in [-0.2, 0) is 22.4 Å². The van der Waals surface area contributed by atoms with Crippen LogP contribution in [-0.4, -0.2) is 75.1 Å². The number of carbonyl (C=O) groups excluding carboxylic acids is 2. The molecule has 2 aromatic rings. The number of fused-ring (bicyclic) bond motifs is 1. The first-order valence-corrected chi connectivity index (χ1v) is 12.7. The van der Waals surface area contributed by atoms with Gasteiger partial charge in [-0.2, -0.15) is 0 Å². The van der Waals surface area contributed by atoms with E-state index in [1.807, 2.05) is 37.2 Å². The van der Waals surface area contributed by atoms with Crippen LogP contribution in [0.25, 0.3) is 5.76 Å². The number of hydrogen-bond acceptors (Lipinski definition) is 7. The summed E-state index contributed by atoms with van der Waals surface area (Å²) in [5, 5.41) is 11.5. The molecule has 2 aromatic carbocycles. The molecule has 1 aliphatic carbocycles. The molecule has 4 rings (SSSR count). The second kappa shape index (κ2) is 11.3. The van der Waals surface area contributed by atoms with E-state index in [2.05, 4.69) is 0 Å². The maximum absolute atomic E-state index is 13.4. The average Bonchev–Trinajstić information content (AvgIpc) is 3.16. The van der Waals surface area contributed by atoms with Crippen molar-refractivity contribution in [3.8, 4) is 17.2 Å². The van der Waals surface area contributed by atoms with E-state index >= 15 is 0 Å². The number of aliphatic hydroxyl groups is 1. The smallest absolute Gasteiger partial charge is 0.295 e. The zero-order valence-electron chi connectivity index (χ0n) is 22.3. The number of ether oxygens (including phenoxy) is 3. The molecule has 2 aliphatic rings. The number of likely N-dealkylation sites (tertiary alicyclic amines) is 1. The van der Waals surface area contributed by atoms with Crippen molar-refractivity contribution in [2.45, 2.75) is 38.1 Å². The third kappa shape index (κ3) is 5.16. The zero-order valence-corrected chi connectivity index (χ0v) is 22.3. The van der Waals surface area contributed by atoms with Gasteiger partial charge >= 0.3 is 0 Å². The van der Waals surface area contributed by atoms with Crippen LogP contribution in [0.1, 0.15) is 47.6 Å². The summed E-state index contributed by atoms with van der Waals surface area (Å²) in [6.45, 7) is 1.10. The van der Waals surface area contributed by atoms with E-state index in [4.69, 9.17) is 14.2 Å². The van der Waals surface area contributed by atoms with Crippen molar-refractivity contribution in [3.63, 3.8) is 0 Å². The van der Waals surface area contributed by atoms with Gasteiger partial charge in [-0.05, 0) is 87.6 Å². The van der Waals surface area contributed by atoms with Gasteiger partial charge in [0.2, 0.25) is 5.75 Å². The van der Waals surface area contributed by atoms with E-state index in [0.717, 1.165) is 32.2 Å². The Hall–Kier alpha value is -3.52. The lowest BCUT2D eigenvalue weighted by Crippen LogP contribution is -2.32. The van der Waals surface area contributed by atoms with E-state index in [9.17, 15) is 14.7 Å². The molecule has 8 heteroatoms. The zero-order chi connectivity index (χ0) is 26.7. The Bertz CT molecular complexity index is 1190. The summed E-state index contributed by atoms with van der Waals surface area (Å²) < 4.78 is 16.6. The van der Waals surface area contributed by atoms with Crippen LogP contribution in [0.2, 0.25) is 0 Å². The third-order valence-electron chi connectivity index (χ3n) is 7.17. The summed E-state index contributed by atoms with van der Waals surface area (Å²) in [5.74, 6) is -0.265. The molecule has 0 aromatic heterocycles. The third-order valence-corrected chi connectivity index (χ3v) is 7.17. The predicted molar refractivity (Wildman–Crippen MR) is 141 cm³/mol. The quantitative estimate of drug-likeness (QED) is 0.312. The topological polar surface area (TPSA) is 88.5 Å². The van der Waals surface area contributed by atoms with Crippen molar-refractivity contribution in [1.82, 2.24) is 9.80 Å². The van der Waals surface area contributed by atoms with E-state index in [1.54, 1.807) is 12.1 Å². The standard InChI is InChI=1S/C29H36N2O6/c1-30(2)13-8-14-31-25(21-16-22(35-3)28(37-5)23(17-21)36-4)24(27(33)29(31)34)26(32)20-12-11-18-9-6-7-10-19(18)15-20/h11-12,15-17,25,32H,6-10,13-14H2,1-5H3/b26-24+. The molecular formula is C29H36N2O6. The summed E-state index contributed by atoms with van der Waals surface area (Å²) in [5.41, 5.74) is 3.66. The second-order valence-electron chi connectivity index (χ2n) is 9.80. The number of hydrogen-bond donors (Lipinski definition) is 1. The average molecular weight is 509 g/mol. The van der Waals surface area contributed by atoms with Gasteiger partial charge in [0.1, 0.15) is 5.76 Å². The first-order chi connectivity index (χ1) is 17.8. The van der Waals surface area contributed by atoms with E-state index < -0.39 is 17.7 Å². The van der Waals surface area contributed by atoms with Gasteiger partial charge in [-0.1, -0.05) is 12.1 Å². The molecule has 198 valence electrons. The van der Waals surface area contributed by atoms with Gasteiger partial charge in [0.05, 0.1) is 32.9 Å². The predicted octanol–water partition coefficient (Wildman–Crippen LogP) is 3.96. The molecule has 0 radical (unpaired) electrons. The summed E-state index contributed by atoms with van der Waals surface area (Å²) in [4.78, 5) is 30.3. The normalized spacial score (nSPS) is 18.8. The Morgan fingerprint density at radius 1 is 0.973 bits per heavy atom. The first-order valence-electron chi connectivity index (χ1n) is 12.7. The summed E-state index contributed by atoms with van der Waals surface area (Å²) in [6, 6.07) is 8.48. The molecule has 8 nitrogen and oxygen atoms in total. The minimum absolute atomic E-state index is 0.0693. The Morgan fingerprint density at radius 2 is 1.62 bits per heavy atom. The Balaban J connectivity index is 1.87. The van der Waals surface area contributed by atoms with Gasteiger partial charge in [-0.15, -0.1) is 0 Å². The van der Waals surface area contributed by atoms with Crippen molar-refractivity contribution in [2.75, 3.05) is 48.5 Å². The van der Waals surface area contributed by atoms with Gasteiger partial charge in [-0.25, -0.2) is 0 Å². The number of rotatable bonds is 9. The van der Waals surface area contributed by atoms with Gasteiger partial charge in [0.25, 0.3) is 11.7 Å². The summed E-state index contributed by atoms with van der Waals surface area (Å²) in [6.07, 6.45) is 4.86. The van der Waals surface area contributed by atoms with Crippen molar-refractivity contribution < 1.29 is 28.9 Å². The highest BCUT2D eigenvalue weighted by atomic mass is 16.5. The molecule has 1 N–H and O–H groups in total. The second-order valence-corrected chi connectivity index (χ2v) is 9.80. The van der Waals surface area contributed by atoms with Crippen LogP contribution in [0.4, 0.5) is 0 Å². The van der Waals surface area contributed by atoms with Crippen LogP contribution < -0.4 is 14.2 Å². The number of amides is 1. The number of ketones is 1. The molecule has 1 atom stereocenters. The lowest BCUT2D eigenvalue weighted by molar-refractivity contribution is -0.139. The van der Waals surface area contributed by atoms with Crippen LogP contribution >= 0.6 is 0 Å². The molecule has 1 saturated heterocycles. The van der Waals surface area contributed by atoms with Crippen molar-refractivity contribution >= 4 is 17.4 Å². The van der Waals surface area contributed by atoms with Crippen LogP contribution in [0.3, 0.4) is 0 Å². The maximum Gasteiger partial charge on any atom is 0.295 e. The highest BCUT2D eigenvalue weighted by molar-refractivity contribution is 6.46. The van der Waals surface area contributed by atoms with Gasteiger partial charge < -0.3 is 29.1 Å². The number of carbonyl (C=O) groups is 2. The first kappa shape index (κ1) is 26.5. The van der Waals surface area contributed by atoms with E-state index in [0.29, 0.717) is 41.3 Å². The number of nitrogens with zero attached hydrogens (tertiary/aromatic N) is 2. The van der Waals surface area contributed by atoms with E-state index in [-0.39, 0.29) is 11.3 Å². The molecule has 0 bridgehead atoms. The maximum atomic E-state index is 13.4. The fourth-order valence-electron chi connectivity index (χ4n) is 5.31. The number of aliphatic hydroxyl groups excluding tert-OH is 1. The molecule has 0 spiro atoms. The number of benzene rings is 2. The van der Waals surface area contributed by atoms with Gasteiger partial charge in [0.15, 0.2) is 11.5 Å². The Kier molecular flexibility index (Phi) is 8.07. The molecule has 0 saturated carbocycles. The van der Waals surface area contributed by atoms with Crippen molar-refractivity contribution in [2.24, 2.45) is 0 Å². The van der Waals surface area contributed by atoms with Gasteiger partial charge in [0, 0.05) is 12.1 Å². The fourth-order valence-corrected chi connectivity index (χ4v) is 5.31. The number of Topliss-reactive ketones (excluding diaryl/α,β-unsaturated/α-hetero) is 1. The van der Waals surface area contributed by atoms with Crippen molar-refractivity contribution in [1.29, 1.82) is 0 Å². The van der Waals surface area contributed by atoms with Crippen LogP contribution in [0, 0.1) is 0 Å². The number of methoxy groups -OCH3 is 3. The molecule has 1 amide bonds. The fraction of sp³-hybridized carbons (Fsp3) is 0.448. The Labute approximate surface area is 218 Å². The highest BCUT2D eigenvalue weighted by Crippen LogP contribution is 2.46. The van der Waals surface area contributed by atoms with Crippen LogP contribution in [0.15, 0.2) is 35.9 Å². The molecule has 1 heterocycles. The lowest BCUT2D eigenvalue weighted by Gasteiger charge is -2.27. The molecule has 1 unspecified atom stereocenters. The SMILES string of the molecule is COc1cc(C2/C(=C(\O)c3ccc4c(c3)CCCC4)C(=O)C(=O)N2CCCN(C)C)cc(OC)c1OC. The molecular weight excluding hydrogens is 472 g/mol. The van der Waals surface area contributed by atoms with Gasteiger partial charge in [-0.3, -0.25) is 9.59 Å².